The summed E-state index contributed by atoms with van der Waals surface area (Å²) in [6, 6.07) is 7.06. The van der Waals surface area contributed by atoms with Gasteiger partial charge in [0.2, 0.25) is 0 Å². The topological polar surface area (TPSA) is 6.48 Å². The number of piperazine rings is 1. The normalized spacial score (nSPS) is 18.8. The van der Waals surface area contributed by atoms with Crippen LogP contribution in [0.1, 0.15) is 50.3 Å². The first-order valence-electron chi connectivity index (χ1n) is 7.87. The monoisotopic (exact) mass is 274 g/mol. The summed E-state index contributed by atoms with van der Waals surface area (Å²) in [6.45, 7) is 16.2. The van der Waals surface area contributed by atoms with Gasteiger partial charge < -0.3 is 4.90 Å². The van der Waals surface area contributed by atoms with Crippen molar-refractivity contribution < 1.29 is 0 Å². The van der Waals surface area contributed by atoms with Crippen molar-refractivity contribution in [2.75, 3.05) is 33.2 Å². The lowest BCUT2D eigenvalue weighted by atomic mass is 9.87. The van der Waals surface area contributed by atoms with Gasteiger partial charge in [0.25, 0.3) is 0 Å². The van der Waals surface area contributed by atoms with Crippen LogP contribution >= 0.6 is 0 Å². The average molecular weight is 274 g/mol. The number of rotatable bonds is 3. The molecule has 2 heteroatoms. The second-order valence-electron chi connectivity index (χ2n) is 7.08. The molecule has 0 aromatic heterocycles. The molecular formula is C18H30N2. The maximum Gasteiger partial charge on any atom is 0.0405 e. The van der Waals surface area contributed by atoms with Crippen molar-refractivity contribution in [3.05, 3.63) is 34.9 Å². The Labute approximate surface area is 124 Å². The molecule has 20 heavy (non-hydrogen) atoms. The van der Waals surface area contributed by atoms with E-state index in [4.69, 9.17) is 0 Å². The van der Waals surface area contributed by atoms with Crippen molar-refractivity contribution >= 4 is 0 Å². The van der Waals surface area contributed by atoms with Gasteiger partial charge in [0.15, 0.2) is 0 Å². The van der Waals surface area contributed by atoms with Gasteiger partial charge in [-0.2, -0.15) is 0 Å². The van der Waals surface area contributed by atoms with Crippen molar-refractivity contribution in [3.63, 3.8) is 0 Å². The van der Waals surface area contributed by atoms with Crippen LogP contribution in [-0.4, -0.2) is 43.0 Å². The van der Waals surface area contributed by atoms with E-state index in [1.54, 1.807) is 0 Å². The zero-order valence-electron chi connectivity index (χ0n) is 14.0. The number of nitrogens with zero attached hydrogens (tertiary/aromatic N) is 2. The zero-order valence-corrected chi connectivity index (χ0v) is 14.0. The van der Waals surface area contributed by atoms with Gasteiger partial charge in [0, 0.05) is 31.7 Å². The molecule has 2 rings (SSSR count). The van der Waals surface area contributed by atoms with Crippen LogP contribution in [-0.2, 0) is 5.54 Å². The summed E-state index contributed by atoms with van der Waals surface area (Å²) in [4.78, 5) is 5.04. The molecule has 0 amide bonds. The van der Waals surface area contributed by atoms with E-state index in [-0.39, 0.29) is 5.54 Å². The summed E-state index contributed by atoms with van der Waals surface area (Å²) >= 11 is 0. The maximum atomic E-state index is 2.62. The van der Waals surface area contributed by atoms with Gasteiger partial charge in [-0.15, -0.1) is 0 Å². The van der Waals surface area contributed by atoms with Gasteiger partial charge in [-0.1, -0.05) is 32.0 Å². The second kappa shape index (κ2) is 5.87. The summed E-state index contributed by atoms with van der Waals surface area (Å²) in [5.74, 6) is 0.607. The van der Waals surface area contributed by atoms with Crippen LogP contribution in [0.3, 0.4) is 0 Å². The Morgan fingerprint density at radius 3 is 2.15 bits per heavy atom. The minimum atomic E-state index is 0.127. The van der Waals surface area contributed by atoms with Gasteiger partial charge in [-0.05, 0) is 50.4 Å². The maximum absolute atomic E-state index is 2.62. The Hall–Kier alpha value is -0.860. The standard InChI is InChI=1S/C18H30N2/c1-14(2)17-8-7-16(13-15(17)3)18(4,5)20-11-9-19(6)10-12-20/h7-8,13-14H,9-12H2,1-6H3. The smallest absolute Gasteiger partial charge is 0.0405 e. The lowest BCUT2D eigenvalue weighted by molar-refractivity contribution is 0.0606. The van der Waals surface area contributed by atoms with Crippen molar-refractivity contribution in [3.8, 4) is 0 Å². The lowest BCUT2D eigenvalue weighted by Gasteiger charge is -2.44. The molecule has 1 aliphatic heterocycles. The highest BCUT2D eigenvalue weighted by molar-refractivity contribution is 5.36. The summed E-state index contributed by atoms with van der Waals surface area (Å²) in [5, 5.41) is 0. The molecule has 0 unspecified atom stereocenters. The summed E-state index contributed by atoms with van der Waals surface area (Å²) < 4.78 is 0. The van der Waals surface area contributed by atoms with Crippen molar-refractivity contribution in [2.24, 2.45) is 0 Å². The Morgan fingerprint density at radius 2 is 1.65 bits per heavy atom. The number of likely N-dealkylation sites (N-methyl/N-ethyl adjacent to an activating group) is 1. The number of aryl methyl sites for hydroxylation is 1. The van der Waals surface area contributed by atoms with E-state index in [9.17, 15) is 0 Å². The van der Waals surface area contributed by atoms with Crippen LogP contribution in [0.15, 0.2) is 18.2 Å². The lowest BCUT2D eigenvalue weighted by Crippen LogP contribution is -2.52. The quantitative estimate of drug-likeness (QED) is 0.831. The van der Waals surface area contributed by atoms with E-state index in [1.807, 2.05) is 0 Å². The Morgan fingerprint density at radius 1 is 1.05 bits per heavy atom. The molecular weight excluding hydrogens is 244 g/mol. The Bertz CT molecular complexity index is 454. The summed E-state index contributed by atoms with van der Waals surface area (Å²) in [7, 11) is 2.21. The molecule has 0 N–H and O–H groups in total. The molecule has 0 bridgehead atoms. The van der Waals surface area contributed by atoms with Crippen LogP contribution in [0, 0.1) is 6.92 Å². The fraction of sp³-hybridized carbons (Fsp3) is 0.667. The van der Waals surface area contributed by atoms with E-state index in [1.165, 1.54) is 29.8 Å². The molecule has 2 nitrogen and oxygen atoms in total. The molecule has 0 aliphatic carbocycles. The van der Waals surface area contributed by atoms with Crippen molar-refractivity contribution in [1.29, 1.82) is 0 Å². The Kier molecular flexibility index (Phi) is 4.55. The number of benzene rings is 1. The van der Waals surface area contributed by atoms with E-state index < -0.39 is 0 Å². The van der Waals surface area contributed by atoms with E-state index >= 15 is 0 Å². The molecule has 1 fully saturated rings. The third-order valence-corrected chi connectivity index (χ3v) is 4.89. The van der Waals surface area contributed by atoms with Crippen molar-refractivity contribution in [1.82, 2.24) is 9.80 Å². The predicted molar refractivity (Wildman–Crippen MR) is 87.4 cm³/mol. The van der Waals surface area contributed by atoms with Crippen molar-refractivity contribution in [2.45, 2.75) is 46.1 Å². The van der Waals surface area contributed by atoms with Gasteiger partial charge >= 0.3 is 0 Å². The van der Waals surface area contributed by atoms with E-state index in [2.05, 4.69) is 69.7 Å². The molecule has 0 spiro atoms. The first-order valence-corrected chi connectivity index (χ1v) is 7.87. The van der Waals surface area contributed by atoms with Gasteiger partial charge in [-0.3, -0.25) is 4.90 Å². The molecule has 0 radical (unpaired) electrons. The second-order valence-corrected chi connectivity index (χ2v) is 7.08. The molecule has 0 saturated carbocycles. The zero-order chi connectivity index (χ0) is 14.9. The van der Waals surface area contributed by atoms with Gasteiger partial charge in [-0.25, -0.2) is 0 Å². The molecule has 112 valence electrons. The molecule has 1 aliphatic rings. The fourth-order valence-corrected chi connectivity index (χ4v) is 3.25. The van der Waals surface area contributed by atoms with Gasteiger partial charge in [0.05, 0.1) is 0 Å². The third-order valence-electron chi connectivity index (χ3n) is 4.89. The molecule has 1 heterocycles. The van der Waals surface area contributed by atoms with Crippen LogP contribution in [0.5, 0.6) is 0 Å². The summed E-state index contributed by atoms with van der Waals surface area (Å²) in [5.41, 5.74) is 4.48. The first kappa shape index (κ1) is 15.5. The highest BCUT2D eigenvalue weighted by Crippen LogP contribution is 2.31. The minimum absolute atomic E-state index is 0.127. The average Bonchev–Trinajstić information content (AvgIpc) is 2.38. The number of hydrogen-bond donors (Lipinski definition) is 0. The third kappa shape index (κ3) is 3.07. The van der Waals surface area contributed by atoms with E-state index in [0.717, 1.165) is 13.1 Å². The largest absolute Gasteiger partial charge is 0.304 e. The highest BCUT2D eigenvalue weighted by atomic mass is 15.3. The van der Waals surface area contributed by atoms with Crippen LogP contribution < -0.4 is 0 Å². The van der Waals surface area contributed by atoms with Crippen LogP contribution in [0.25, 0.3) is 0 Å². The summed E-state index contributed by atoms with van der Waals surface area (Å²) in [6.07, 6.45) is 0. The van der Waals surface area contributed by atoms with Gasteiger partial charge in [0.1, 0.15) is 0 Å². The van der Waals surface area contributed by atoms with Crippen LogP contribution in [0.4, 0.5) is 0 Å². The predicted octanol–water partition coefficient (Wildman–Crippen LogP) is 3.60. The van der Waals surface area contributed by atoms with Crippen LogP contribution in [0.2, 0.25) is 0 Å². The number of hydrogen-bond acceptors (Lipinski definition) is 2. The molecule has 1 aromatic carbocycles. The first-order chi connectivity index (χ1) is 9.32. The fourth-order valence-electron chi connectivity index (χ4n) is 3.25. The molecule has 1 saturated heterocycles. The SMILES string of the molecule is Cc1cc(C(C)(C)N2CCN(C)CC2)ccc1C(C)C. The Balaban J connectivity index is 2.23. The van der Waals surface area contributed by atoms with E-state index in [0.29, 0.717) is 5.92 Å². The highest BCUT2D eigenvalue weighted by Gasteiger charge is 2.30. The minimum Gasteiger partial charge on any atom is -0.304 e. The molecule has 1 aromatic rings. The molecule has 0 atom stereocenters.